The van der Waals surface area contributed by atoms with Crippen LogP contribution in [0, 0.1) is 6.92 Å². The largest absolute Gasteiger partial charge is 0.383 e. The maximum atomic E-state index is 13.1. The molecule has 1 saturated heterocycles. The summed E-state index contributed by atoms with van der Waals surface area (Å²) in [5.74, 6) is 0.215. The summed E-state index contributed by atoms with van der Waals surface area (Å²) in [7, 11) is 3.62. The van der Waals surface area contributed by atoms with Crippen molar-refractivity contribution >= 4 is 22.6 Å². The highest BCUT2D eigenvalue weighted by molar-refractivity contribution is 5.98. The van der Waals surface area contributed by atoms with Crippen molar-refractivity contribution in [3.63, 3.8) is 0 Å². The molecule has 5 rings (SSSR count). The Morgan fingerprint density at radius 3 is 2.72 bits per heavy atom. The smallest absolute Gasteiger partial charge is 0.319 e. The first-order valence-electron chi connectivity index (χ1n) is 12.2. The van der Waals surface area contributed by atoms with Crippen molar-refractivity contribution in [2.75, 3.05) is 38.7 Å². The van der Waals surface area contributed by atoms with Crippen molar-refractivity contribution in [1.29, 1.82) is 0 Å². The van der Waals surface area contributed by atoms with Gasteiger partial charge >= 0.3 is 6.03 Å². The van der Waals surface area contributed by atoms with Crippen LogP contribution in [0.1, 0.15) is 17.2 Å². The Morgan fingerprint density at radius 2 is 1.97 bits per heavy atom. The molecule has 8 nitrogen and oxygen atoms in total. The van der Waals surface area contributed by atoms with E-state index < -0.39 is 0 Å². The number of benzene rings is 2. The molecule has 4 aromatic rings. The number of carbonyl (C=O) groups excluding carboxylic acids is 1. The molecule has 2 N–H and O–H groups in total. The first-order valence-corrected chi connectivity index (χ1v) is 12.2. The van der Waals surface area contributed by atoms with Crippen LogP contribution in [-0.2, 0) is 11.8 Å². The van der Waals surface area contributed by atoms with Gasteiger partial charge in [-0.05, 0) is 18.6 Å². The van der Waals surface area contributed by atoms with Crippen LogP contribution in [0.25, 0.3) is 22.0 Å². The Balaban J connectivity index is 1.34. The van der Waals surface area contributed by atoms with E-state index >= 15 is 0 Å². The van der Waals surface area contributed by atoms with Crippen molar-refractivity contribution in [3.05, 3.63) is 78.2 Å². The molecule has 36 heavy (non-hydrogen) atoms. The van der Waals surface area contributed by atoms with Crippen LogP contribution in [-0.4, -0.2) is 65.1 Å². The topological polar surface area (TPSA) is 84.3 Å². The number of methoxy groups -OCH3 is 1. The molecule has 0 bridgehead atoms. The number of amides is 2. The standard InChI is InChI=1S/C28H32N6O2/c1-19-25(14-21-10-7-11-23(27(21)30-19)22-15-29-33(2)16-22)31-28(35)32-26-18-34(12-13-36-3)17-24(26)20-8-5-4-6-9-20/h4-11,14-16,24,26H,12-13,17-18H2,1-3H3,(H2,31,32,35)/t24-,26+/m0/s1. The summed E-state index contributed by atoms with van der Waals surface area (Å²) in [5, 5.41) is 11.5. The average molecular weight is 485 g/mol. The fraction of sp³-hybridized carbons (Fsp3) is 0.321. The number of pyridine rings is 1. The van der Waals surface area contributed by atoms with Crippen molar-refractivity contribution in [2.24, 2.45) is 7.05 Å². The van der Waals surface area contributed by atoms with Crippen molar-refractivity contribution in [1.82, 2.24) is 25.0 Å². The number of para-hydroxylation sites is 1. The molecule has 2 amide bonds. The fourth-order valence-corrected chi connectivity index (χ4v) is 5.01. The molecule has 186 valence electrons. The van der Waals surface area contributed by atoms with Gasteiger partial charge in [0.05, 0.1) is 35.7 Å². The second kappa shape index (κ2) is 10.5. The van der Waals surface area contributed by atoms with Crippen LogP contribution < -0.4 is 10.6 Å². The van der Waals surface area contributed by atoms with Gasteiger partial charge < -0.3 is 15.4 Å². The van der Waals surface area contributed by atoms with E-state index in [0.29, 0.717) is 12.3 Å². The second-order valence-electron chi connectivity index (χ2n) is 9.38. The van der Waals surface area contributed by atoms with Crippen molar-refractivity contribution in [3.8, 4) is 11.1 Å². The van der Waals surface area contributed by atoms with Gasteiger partial charge in [0.25, 0.3) is 0 Å². The van der Waals surface area contributed by atoms with Gasteiger partial charge in [-0.25, -0.2) is 4.79 Å². The average Bonchev–Trinajstić information content (AvgIpc) is 3.49. The first-order chi connectivity index (χ1) is 17.5. The van der Waals surface area contributed by atoms with E-state index in [0.717, 1.165) is 47.4 Å². The summed E-state index contributed by atoms with van der Waals surface area (Å²) in [5.41, 5.74) is 5.62. The summed E-state index contributed by atoms with van der Waals surface area (Å²) in [6.07, 6.45) is 3.82. The quantitative estimate of drug-likeness (QED) is 0.411. The third-order valence-electron chi connectivity index (χ3n) is 6.85. The van der Waals surface area contributed by atoms with Gasteiger partial charge in [0.2, 0.25) is 0 Å². The van der Waals surface area contributed by atoms with E-state index in [-0.39, 0.29) is 18.0 Å². The molecule has 0 spiro atoms. The summed E-state index contributed by atoms with van der Waals surface area (Å²) in [4.78, 5) is 20.3. The highest BCUT2D eigenvalue weighted by Crippen LogP contribution is 2.30. The summed E-state index contributed by atoms with van der Waals surface area (Å²) < 4.78 is 7.05. The lowest BCUT2D eigenvalue weighted by Gasteiger charge is -2.21. The maximum Gasteiger partial charge on any atom is 0.319 e. The molecule has 0 unspecified atom stereocenters. The molecule has 0 aliphatic carbocycles. The zero-order valence-corrected chi connectivity index (χ0v) is 20.9. The number of fused-ring (bicyclic) bond motifs is 1. The van der Waals surface area contributed by atoms with Gasteiger partial charge in [-0.3, -0.25) is 14.6 Å². The number of ether oxygens (including phenoxy) is 1. The predicted octanol–water partition coefficient (Wildman–Crippen LogP) is 4.18. The van der Waals surface area contributed by atoms with E-state index in [1.165, 1.54) is 5.56 Å². The van der Waals surface area contributed by atoms with Gasteiger partial charge in [0.1, 0.15) is 0 Å². The van der Waals surface area contributed by atoms with Crippen molar-refractivity contribution < 1.29 is 9.53 Å². The van der Waals surface area contributed by atoms with Gasteiger partial charge in [0, 0.05) is 62.4 Å². The van der Waals surface area contributed by atoms with Gasteiger partial charge in [-0.1, -0.05) is 48.5 Å². The molecule has 2 atom stereocenters. The van der Waals surface area contributed by atoms with Crippen LogP contribution >= 0.6 is 0 Å². The third kappa shape index (κ3) is 5.10. The van der Waals surface area contributed by atoms with Gasteiger partial charge in [-0.2, -0.15) is 5.10 Å². The number of rotatable bonds is 7. The predicted molar refractivity (Wildman–Crippen MR) is 142 cm³/mol. The monoisotopic (exact) mass is 484 g/mol. The number of aryl methyl sites for hydroxylation is 2. The molecule has 8 heteroatoms. The van der Waals surface area contributed by atoms with Crippen LogP contribution in [0.3, 0.4) is 0 Å². The molecular weight excluding hydrogens is 452 g/mol. The Hall–Kier alpha value is -3.75. The number of urea groups is 1. The number of hydrogen-bond donors (Lipinski definition) is 2. The zero-order chi connectivity index (χ0) is 25.1. The fourth-order valence-electron chi connectivity index (χ4n) is 5.01. The van der Waals surface area contributed by atoms with E-state index in [4.69, 9.17) is 9.72 Å². The number of nitrogens with zero attached hydrogens (tertiary/aromatic N) is 4. The Bertz CT molecular complexity index is 1350. The third-order valence-corrected chi connectivity index (χ3v) is 6.85. The Morgan fingerprint density at radius 1 is 1.14 bits per heavy atom. The summed E-state index contributed by atoms with van der Waals surface area (Å²) in [6.45, 7) is 5.09. The highest BCUT2D eigenvalue weighted by Gasteiger charge is 2.34. The van der Waals surface area contributed by atoms with Crippen LogP contribution in [0.4, 0.5) is 10.5 Å². The number of anilines is 1. The molecule has 0 radical (unpaired) electrons. The zero-order valence-electron chi connectivity index (χ0n) is 20.9. The first kappa shape index (κ1) is 24.0. The van der Waals surface area contributed by atoms with E-state index in [2.05, 4.69) is 32.8 Å². The van der Waals surface area contributed by atoms with E-state index in [1.807, 2.05) is 68.8 Å². The maximum absolute atomic E-state index is 13.1. The van der Waals surface area contributed by atoms with Crippen LogP contribution in [0.5, 0.6) is 0 Å². The van der Waals surface area contributed by atoms with E-state index in [1.54, 1.807) is 11.8 Å². The molecule has 2 aromatic carbocycles. The lowest BCUT2D eigenvalue weighted by molar-refractivity contribution is 0.159. The number of hydrogen-bond acceptors (Lipinski definition) is 5. The highest BCUT2D eigenvalue weighted by atomic mass is 16.5. The van der Waals surface area contributed by atoms with Crippen molar-refractivity contribution in [2.45, 2.75) is 18.9 Å². The van der Waals surface area contributed by atoms with Gasteiger partial charge in [0.15, 0.2) is 0 Å². The number of nitrogens with one attached hydrogen (secondary N) is 2. The minimum absolute atomic E-state index is 0.00448. The minimum atomic E-state index is -0.220. The molecule has 1 aliphatic rings. The van der Waals surface area contributed by atoms with E-state index in [9.17, 15) is 4.79 Å². The Kier molecular flexibility index (Phi) is 6.97. The lowest BCUT2D eigenvalue weighted by Crippen LogP contribution is -2.42. The SMILES string of the molecule is COCCN1C[C@@H](NC(=O)Nc2cc3cccc(-c4cnn(C)c4)c3nc2C)[C@H](c2ccccc2)C1. The number of carbonyl (C=O) groups is 1. The molecular formula is C28H32N6O2. The van der Waals surface area contributed by atoms with Crippen LogP contribution in [0.15, 0.2) is 67.0 Å². The second-order valence-corrected chi connectivity index (χ2v) is 9.38. The molecule has 1 aliphatic heterocycles. The molecule has 3 heterocycles. The summed E-state index contributed by atoms with van der Waals surface area (Å²) in [6, 6.07) is 18.2. The van der Waals surface area contributed by atoms with Gasteiger partial charge in [-0.15, -0.1) is 0 Å². The minimum Gasteiger partial charge on any atom is -0.383 e. The summed E-state index contributed by atoms with van der Waals surface area (Å²) >= 11 is 0. The molecule has 0 saturated carbocycles. The van der Waals surface area contributed by atoms with Crippen LogP contribution in [0.2, 0.25) is 0 Å². The normalized spacial score (nSPS) is 18.0. The Labute approximate surface area is 211 Å². The number of likely N-dealkylation sites (tertiary alicyclic amines) is 1. The molecule has 2 aromatic heterocycles. The number of aromatic nitrogens is 3. The molecule has 1 fully saturated rings. The lowest BCUT2D eigenvalue weighted by atomic mass is 9.94.